The Kier molecular flexibility index (Phi) is 6.65. The van der Waals surface area contributed by atoms with Gasteiger partial charge in [-0.2, -0.15) is 4.98 Å². The predicted molar refractivity (Wildman–Crippen MR) is 145 cm³/mol. The van der Waals surface area contributed by atoms with Crippen molar-refractivity contribution in [2.24, 2.45) is 0 Å². The van der Waals surface area contributed by atoms with Crippen LogP contribution in [0.15, 0.2) is 87.9 Å². The maximum atomic E-state index is 13.4. The summed E-state index contributed by atoms with van der Waals surface area (Å²) in [7, 11) is 0. The van der Waals surface area contributed by atoms with Crippen molar-refractivity contribution in [3.63, 3.8) is 0 Å². The fourth-order valence-corrected chi connectivity index (χ4v) is 4.89. The lowest BCUT2D eigenvalue weighted by molar-refractivity contribution is 0.244. The highest BCUT2D eigenvalue weighted by Crippen LogP contribution is 2.39. The molecule has 2 heterocycles. The summed E-state index contributed by atoms with van der Waals surface area (Å²) >= 11 is 1.68. The lowest BCUT2D eigenvalue weighted by Crippen LogP contribution is -2.46. The number of aryl methyl sites for hydroxylation is 2. The van der Waals surface area contributed by atoms with Gasteiger partial charge in [-0.3, -0.25) is 4.90 Å². The number of benzene rings is 3. The zero-order chi connectivity index (χ0) is 25.2. The molecule has 1 N–H and O–H groups in total. The van der Waals surface area contributed by atoms with E-state index in [-0.39, 0.29) is 6.03 Å². The van der Waals surface area contributed by atoms with Crippen molar-refractivity contribution >= 4 is 29.1 Å². The molecule has 0 bridgehead atoms. The van der Waals surface area contributed by atoms with Gasteiger partial charge in [0.2, 0.25) is 5.82 Å². The van der Waals surface area contributed by atoms with Crippen molar-refractivity contribution in [2.45, 2.75) is 38.1 Å². The first-order valence-electron chi connectivity index (χ1n) is 11.9. The SMILES string of the molecule is CCc1ccc(-c2noc(C3=C(C)N(c4cccc(C)c4)C(=O)NC3c3ccc(SC)cc3)n2)cc1. The van der Waals surface area contributed by atoms with E-state index in [1.54, 1.807) is 16.7 Å². The van der Waals surface area contributed by atoms with E-state index in [2.05, 4.69) is 41.7 Å². The average molecular weight is 497 g/mol. The third-order valence-corrected chi connectivity index (χ3v) is 7.21. The first kappa shape index (κ1) is 23.9. The molecule has 2 amide bonds. The smallest absolute Gasteiger partial charge is 0.326 e. The van der Waals surface area contributed by atoms with Crippen LogP contribution in [-0.2, 0) is 6.42 Å². The van der Waals surface area contributed by atoms with E-state index in [0.29, 0.717) is 11.7 Å². The van der Waals surface area contributed by atoms with Gasteiger partial charge >= 0.3 is 6.03 Å². The van der Waals surface area contributed by atoms with E-state index >= 15 is 0 Å². The summed E-state index contributed by atoms with van der Waals surface area (Å²) in [4.78, 5) is 21.0. The van der Waals surface area contributed by atoms with Gasteiger partial charge in [-0.15, -0.1) is 11.8 Å². The van der Waals surface area contributed by atoms with Crippen LogP contribution in [0.25, 0.3) is 17.0 Å². The number of aromatic nitrogens is 2. The van der Waals surface area contributed by atoms with Crippen molar-refractivity contribution in [1.29, 1.82) is 0 Å². The molecule has 0 spiro atoms. The van der Waals surface area contributed by atoms with Crippen LogP contribution in [-0.4, -0.2) is 22.4 Å². The van der Waals surface area contributed by atoms with Crippen LogP contribution in [0.2, 0.25) is 0 Å². The fraction of sp³-hybridized carbons (Fsp3) is 0.207. The van der Waals surface area contributed by atoms with E-state index < -0.39 is 6.04 Å². The second-order valence-corrected chi connectivity index (χ2v) is 9.68. The summed E-state index contributed by atoms with van der Waals surface area (Å²) < 4.78 is 5.82. The molecule has 182 valence electrons. The predicted octanol–water partition coefficient (Wildman–Crippen LogP) is 7.03. The largest absolute Gasteiger partial charge is 0.334 e. The number of thioether (sulfide) groups is 1. The number of hydrogen-bond donors (Lipinski definition) is 1. The minimum Gasteiger partial charge on any atom is -0.334 e. The summed E-state index contributed by atoms with van der Waals surface area (Å²) in [6.45, 7) is 6.06. The molecule has 6 nitrogen and oxygen atoms in total. The van der Waals surface area contributed by atoms with Gasteiger partial charge < -0.3 is 9.84 Å². The lowest BCUT2D eigenvalue weighted by atomic mass is 9.94. The number of carbonyl (C=O) groups excluding carboxylic acids is 1. The number of nitrogens with zero attached hydrogens (tertiary/aromatic N) is 3. The Bertz CT molecular complexity index is 1420. The number of rotatable bonds is 6. The molecule has 7 heteroatoms. The number of nitrogens with one attached hydrogen (secondary N) is 1. The van der Waals surface area contributed by atoms with Crippen LogP contribution in [0.3, 0.4) is 0 Å². The zero-order valence-corrected chi connectivity index (χ0v) is 21.6. The van der Waals surface area contributed by atoms with Crippen molar-refractivity contribution in [1.82, 2.24) is 15.5 Å². The van der Waals surface area contributed by atoms with Gasteiger partial charge in [-0.05, 0) is 67.5 Å². The molecule has 0 aliphatic carbocycles. The van der Waals surface area contributed by atoms with E-state index in [1.807, 2.05) is 68.6 Å². The molecule has 0 fully saturated rings. The topological polar surface area (TPSA) is 71.3 Å². The highest BCUT2D eigenvalue weighted by Gasteiger charge is 2.36. The third kappa shape index (κ3) is 4.54. The van der Waals surface area contributed by atoms with Crippen LogP contribution >= 0.6 is 11.8 Å². The van der Waals surface area contributed by atoms with Crippen LogP contribution in [0.4, 0.5) is 10.5 Å². The maximum Gasteiger partial charge on any atom is 0.326 e. The van der Waals surface area contributed by atoms with Crippen molar-refractivity contribution in [2.75, 3.05) is 11.2 Å². The molecular weight excluding hydrogens is 468 g/mol. The fourth-order valence-electron chi connectivity index (χ4n) is 4.48. The molecular formula is C29H28N4O2S. The normalized spacial score (nSPS) is 15.8. The van der Waals surface area contributed by atoms with E-state index in [9.17, 15) is 4.79 Å². The van der Waals surface area contributed by atoms with Crippen LogP contribution < -0.4 is 10.2 Å². The molecule has 0 radical (unpaired) electrons. The van der Waals surface area contributed by atoms with Crippen LogP contribution in [0.1, 0.15) is 42.5 Å². The standard InChI is InChI=1S/C29H28N4O2S/c1-5-20-9-11-22(12-10-20)27-31-28(35-32-27)25-19(3)33(23-8-6-7-18(2)17-23)29(34)30-26(25)21-13-15-24(36-4)16-14-21/h6-17,26H,5H2,1-4H3,(H,30,34). The Morgan fingerprint density at radius 1 is 1.03 bits per heavy atom. The zero-order valence-electron chi connectivity index (χ0n) is 20.8. The highest BCUT2D eigenvalue weighted by molar-refractivity contribution is 7.98. The average Bonchev–Trinajstić information content (AvgIpc) is 3.38. The molecule has 1 unspecified atom stereocenters. The molecule has 0 saturated carbocycles. The Hall–Kier alpha value is -3.84. The Morgan fingerprint density at radius 2 is 1.78 bits per heavy atom. The maximum absolute atomic E-state index is 13.4. The van der Waals surface area contributed by atoms with Crippen molar-refractivity contribution < 1.29 is 9.32 Å². The van der Waals surface area contributed by atoms with Gasteiger partial charge in [-0.1, -0.05) is 60.6 Å². The number of carbonyl (C=O) groups is 1. The van der Waals surface area contributed by atoms with Crippen molar-refractivity contribution in [3.8, 4) is 11.4 Å². The summed E-state index contributed by atoms with van der Waals surface area (Å²) in [5, 5.41) is 7.46. The Balaban J connectivity index is 1.62. The molecule has 36 heavy (non-hydrogen) atoms. The number of urea groups is 1. The number of hydrogen-bond acceptors (Lipinski definition) is 5. The van der Waals surface area contributed by atoms with Crippen LogP contribution in [0.5, 0.6) is 0 Å². The van der Waals surface area contributed by atoms with E-state index in [4.69, 9.17) is 9.51 Å². The second-order valence-electron chi connectivity index (χ2n) is 8.80. The highest BCUT2D eigenvalue weighted by atomic mass is 32.2. The molecule has 3 aromatic carbocycles. The first-order valence-corrected chi connectivity index (χ1v) is 13.2. The number of anilines is 1. The summed E-state index contributed by atoms with van der Waals surface area (Å²) in [6.07, 6.45) is 3.01. The lowest BCUT2D eigenvalue weighted by Gasteiger charge is -2.35. The van der Waals surface area contributed by atoms with Gasteiger partial charge in [0.05, 0.1) is 17.3 Å². The van der Waals surface area contributed by atoms with Gasteiger partial charge in [0, 0.05) is 16.2 Å². The minimum absolute atomic E-state index is 0.198. The summed E-state index contributed by atoms with van der Waals surface area (Å²) in [5.41, 5.74) is 6.46. The van der Waals surface area contributed by atoms with Gasteiger partial charge in [0.25, 0.3) is 5.89 Å². The second kappa shape index (κ2) is 10.0. The van der Waals surface area contributed by atoms with Crippen molar-refractivity contribution in [3.05, 3.63) is 101 Å². The molecule has 4 aromatic rings. The molecule has 1 atom stereocenters. The van der Waals surface area contributed by atoms with Gasteiger partial charge in [0.15, 0.2) is 0 Å². The van der Waals surface area contributed by atoms with E-state index in [1.165, 1.54) is 5.56 Å². The third-order valence-electron chi connectivity index (χ3n) is 6.47. The monoisotopic (exact) mass is 496 g/mol. The molecule has 5 rings (SSSR count). The molecule has 0 saturated heterocycles. The molecule has 1 aromatic heterocycles. The minimum atomic E-state index is -0.426. The first-order chi connectivity index (χ1) is 17.5. The molecule has 1 aliphatic rings. The van der Waals surface area contributed by atoms with E-state index in [0.717, 1.165) is 45.0 Å². The Morgan fingerprint density at radius 3 is 2.44 bits per heavy atom. The number of allylic oxidation sites excluding steroid dienone is 1. The number of amides is 2. The molecule has 1 aliphatic heterocycles. The van der Waals surface area contributed by atoms with Gasteiger partial charge in [-0.25, -0.2) is 4.79 Å². The van der Waals surface area contributed by atoms with Gasteiger partial charge in [0.1, 0.15) is 0 Å². The Labute approximate surface area is 215 Å². The quantitative estimate of drug-likeness (QED) is 0.290. The summed E-state index contributed by atoms with van der Waals surface area (Å²) in [6, 6.07) is 23.6. The van der Waals surface area contributed by atoms with Crippen LogP contribution in [0, 0.1) is 6.92 Å². The summed E-state index contributed by atoms with van der Waals surface area (Å²) in [5.74, 6) is 0.905.